The van der Waals surface area contributed by atoms with Gasteiger partial charge in [0.25, 0.3) is 5.91 Å². The number of nitrogens with one attached hydrogen (secondary N) is 1. The van der Waals surface area contributed by atoms with E-state index in [1.165, 1.54) is 11.3 Å². The molecule has 0 aliphatic rings. The molecule has 0 unspecified atom stereocenters. The Morgan fingerprint density at radius 2 is 2.38 bits per heavy atom. The van der Waals surface area contributed by atoms with E-state index in [1.54, 1.807) is 10.9 Å². The van der Waals surface area contributed by atoms with Crippen molar-refractivity contribution in [3.8, 4) is 0 Å². The number of carboxylic acids is 1. The minimum absolute atomic E-state index is 0.245. The lowest BCUT2D eigenvalue weighted by atomic mass is 10.2. The molecule has 0 bridgehead atoms. The second-order valence-electron chi connectivity index (χ2n) is 3.22. The highest BCUT2D eigenvalue weighted by Crippen LogP contribution is 2.00. The lowest BCUT2D eigenvalue weighted by Crippen LogP contribution is -2.32. The molecule has 0 aliphatic carbocycles. The molecule has 0 aromatic carbocycles. The summed E-state index contributed by atoms with van der Waals surface area (Å²) in [6.07, 6.45) is 0.871. The van der Waals surface area contributed by atoms with Crippen LogP contribution in [0.15, 0.2) is 10.9 Å². The van der Waals surface area contributed by atoms with Crippen molar-refractivity contribution in [1.82, 2.24) is 10.3 Å². The first-order chi connectivity index (χ1) is 7.61. The highest BCUT2D eigenvalue weighted by atomic mass is 32.1. The van der Waals surface area contributed by atoms with E-state index in [4.69, 9.17) is 10.8 Å². The number of aliphatic carboxylic acids is 1. The number of thiazole rings is 1. The molecule has 1 rings (SSSR count). The van der Waals surface area contributed by atoms with Crippen LogP contribution in [0.4, 0.5) is 0 Å². The summed E-state index contributed by atoms with van der Waals surface area (Å²) >= 11 is 1.35. The van der Waals surface area contributed by atoms with Gasteiger partial charge >= 0.3 is 5.97 Å². The molecule has 1 amide bonds. The van der Waals surface area contributed by atoms with Gasteiger partial charge in [-0.05, 0) is 12.8 Å². The summed E-state index contributed by atoms with van der Waals surface area (Å²) in [5.74, 6) is -1.27. The van der Waals surface area contributed by atoms with Crippen molar-refractivity contribution in [3.05, 3.63) is 16.6 Å². The molecule has 0 spiro atoms. The second-order valence-corrected chi connectivity index (χ2v) is 3.94. The van der Waals surface area contributed by atoms with Crippen LogP contribution < -0.4 is 11.1 Å². The van der Waals surface area contributed by atoms with Crippen LogP contribution >= 0.6 is 11.3 Å². The Kier molecular flexibility index (Phi) is 4.87. The highest BCUT2D eigenvalue weighted by Gasteiger charge is 2.11. The number of amides is 1. The third-order valence-electron chi connectivity index (χ3n) is 1.96. The Balaban J connectivity index is 2.17. The third-order valence-corrected chi connectivity index (χ3v) is 2.55. The van der Waals surface area contributed by atoms with Gasteiger partial charge in [-0.3, -0.25) is 9.59 Å². The van der Waals surface area contributed by atoms with Crippen molar-refractivity contribution in [2.24, 2.45) is 5.73 Å². The maximum absolute atomic E-state index is 11.4. The lowest BCUT2D eigenvalue weighted by molar-refractivity contribution is -0.138. The minimum atomic E-state index is -1.02. The summed E-state index contributed by atoms with van der Waals surface area (Å²) in [5, 5.41) is 12.8. The predicted molar refractivity (Wildman–Crippen MR) is 59.3 cm³/mol. The van der Waals surface area contributed by atoms with Gasteiger partial charge in [0.1, 0.15) is 11.7 Å². The molecule has 4 N–H and O–H groups in total. The largest absolute Gasteiger partial charge is 0.480 e. The Hall–Kier alpha value is -1.47. The summed E-state index contributed by atoms with van der Waals surface area (Å²) in [6.45, 7) is 0.400. The zero-order valence-electron chi connectivity index (χ0n) is 8.55. The minimum Gasteiger partial charge on any atom is -0.480 e. The maximum Gasteiger partial charge on any atom is 0.320 e. The van der Waals surface area contributed by atoms with Crippen LogP contribution in [0.1, 0.15) is 23.3 Å². The monoisotopic (exact) mass is 243 g/mol. The first-order valence-corrected chi connectivity index (χ1v) is 5.70. The van der Waals surface area contributed by atoms with Crippen LogP contribution in [0.5, 0.6) is 0 Å². The van der Waals surface area contributed by atoms with Gasteiger partial charge in [0, 0.05) is 11.9 Å². The third kappa shape index (κ3) is 3.95. The number of carbonyl (C=O) groups excluding carboxylic acids is 1. The Labute approximate surface area is 96.5 Å². The van der Waals surface area contributed by atoms with Crippen LogP contribution in [0, 0.1) is 0 Å². The van der Waals surface area contributed by atoms with Gasteiger partial charge < -0.3 is 16.2 Å². The smallest absolute Gasteiger partial charge is 0.320 e. The molecule has 0 aliphatic heterocycles. The van der Waals surface area contributed by atoms with Crippen LogP contribution in [-0.4, -0.2) is 34.6 Å². The van der Waals surface area contributed by atoms with Crippen molar-refractivity contribution in [3.63, 3.8) is 0 Å². The van der Waals surface area contributed by atoms with Gasteiger partial charge in [-0.2, -0.15) is 0 Å². The number of nitrogens with zero attached hydrogens (tertiary/aromatic N) is 1. The van der Waals surface area contributed by atoms with Crippen molar-refractivity contribution < 1.29 is 14.7 Å². The van der Waals surface area contributed by atoms with Crippen LogP contribution in [0.2, 0.25) is 0 Å². The molecule has 7 heteroatoms. The Morgan fingerprint density at radius 1 is 1.62 bits per heavy atom. The number of rotatable bonds is 6. The molecule has 0 radical (unpaired) electrons. The standard InChI is InChI=1S/C9H13N3O3S/c10-6(9(14)15)2-1-3-11-8(13)7-4-16-5-12-7/h4-6H,1-3,10H2,(H,11,13)(H,14,15)/t6-/m0/s1. The molecule has 0 fully saturated rings. The van der Waals surface area contributed by atoms with E-state index in [0.29, 0.717) is 25.1 Å². The fraction of sp³-hybridized carbons (Fsp3) is 0.444. The molecular weight excluding hydrogens is 230 g/mol. The topological polar surface area (TPSA) is 105 Å². The summed E-state index contributed by atoms with van der Waals surface area (Å²) < 4.78 is 0. The quantitative estimate of drug-likeness (QED) is 0.613. The highest BCUT2D eigenvalue weighted by molar-refractivity contribution is 7.07. The van der Waals surface area contributed by atoms with Crippen LogP contribution in [0.3, 0.4) is 0 Å². The van der Waals surface area contributed by atoms with Crippen molar-refractivity contribution in [2.75, 3.05) is 6.54 Å². The molecule has 0 saturated heterocycles. The average molecular weight is 243 g/mol. The molecule has 6 nitrogen and oxygen atoms in total. The first-order valence-electron chi connectivity index (χ1n) is 4.76. The molecule has 1 heterocycles. The zero-order chi connectivity index (χ0) is 12.0. The van der Waals surface area contributed by atoms with Crippen molar-refractivity contribution >= 4 is 23.2 Å². The van der Waals surface area contributed by atoms with Crippen molar-refractivity contribution in [1.29, 1.82) is 0 Å². The number of nitrogens with two attached hydrogens (primary N) is 1. The number of aromatic nitrogens is 1. The normalized spacial score (nSPS) is 12.1. The molecule has 1 atom stereocenters. The van der Waals surface area contributed by atoms with E-state index in [-0.39, 0.29) is 5.91 Å². The van der Waals surface area contributed by atoms with Crippen molar-refractivity contribution in [2.45, 2.75) is 18.9 Å². The molecule has 0 saturated carbocycles. The number of hydrogen-bond donors (Lipinski definition) is 3. The van der Waals surface area contributed by atoms with E-state index in [9.17, 15) is 9.59 Å². The Bertz CT molecular complexity index is 353. The van der Waals surface area contributed by atoms with Gasteiger partial charge in [-0.1, -0.05) is 0 Å². The predicted octanol–water partition coefficient (Wildman–Crippen LogP) is 0.0650. The second kappa shape index (κ2) is 6.19. The fourth-order valence-corrected chi connectivity index (χ4v) is 1.59. The maximum atomic E-state index is 11.4. The first kappa shape index (κ1) is 12.6. The summed E-state index contributed by atoms with van der Waals surface area (Å²) in [7, 11) is 0. The van der Waals surface area contributed by atoms with E-state index in [1.807, 2.05) is 0 Å². The molecule has 1 aromatic rings. The SMILES string of the molecule is N[C@@H](CCCNC(=O)c1cscn1)C(=O)O. The van der Waals surface area contributed by atoms with Gasteiger partial charge in [-0.15, -0.1) is 11.3 Å². The number of hydrogen-bond acceptors (Lipinski definition) is 5. The van der Waals surface area contributed by atoms with Gasteiger partial charge in [0.2, 0.25) is 0 Å². The van der Waals surface area contributed by atoms with Gasteiger partial charge in [0.15, 0.2) is 0 Å². The molecule has 16 heavy (non-hydrogen) atoms. The van der Waals surface area contributed by atoms with E-state index in [2.05, 4.69) is 10.3 Å². The lowest BCUT2D eigenvalue weighted by Gasteiger charge is -2.06. The summed E-state index contributed by atoms with van der Waals surface area (Å²) in [5.41, 5.74) is 7.27. The summed E-state index contributed by atoms with van der Waals surface area (Å²) in [4.78, 5) is 25.6. The fourth-order valence-electron chi connectivity index (χ4n) is 1.06. The van der Waals surface area contributed by atoms with Crippen LogP contribution in [-0.2, 0) is 4.79 Å². The number of carbonyl (C=O) groups is 2. The Morgan fingerprint density at radius 3 is 2.94 bits per heavy atom. The zero-order valence-corrected chi connectivity index (χ0v) is 9.37. The molecule has 88 valence electrons. The average Bonchev–Trinajstić information content (AvgIpc) is 2.76. The summed E-state index contributed by atoms with van der Waals surface area (Å²) in [6, 6.07) is -0.865. The van der Waals surface area contributed by atoms with Gasteiger partial charge in [0.05, 0.1) is 5.51 Å². The van der Waals surface area contributed by atoms with E-state index in [0.717, 1.165) is 0 Å². The molecular formula is C9H13N3O3S. The van der Waals surface area contributed by atoms with Crippen LogP contribution in [0.25, 0.3) is 0 Å². The van der Waals surface area contributed by atoms with E-state index < -0.39 is 12.0 Å². The molecule has 1 aromatic heterocycles. The number of carboxylic acid groups (broad SMARTS) is 1. The van der Waals surface area contributed by atoms with E-state index >= 15 is 0 Å². The van der Waals surface area contributed by atoms with Gasteiger partial charge in [-0.25, -0.2) is 4.98 Å².